The smallest absolute Gasteiger partial charge is 0.264 e. The Kier molecular flexibility index (Phi) is 8.76. The molecule has 0 heterocycles. The predicted octanol–water partition coefficient (Wildman–Crippen LogP) is 5.24. The van der Waals surface area contributed by atoms with Gasteiger partial charge in [-0.2, -0.15) is 0 Å². The zero-order chi connectivity index (χ0) is 29.8. The van der Waals surface area contributed by atoms with Gasteiger partial charge < -0.3 is 14.8 Å². The molecule has 0 aliphatic heterocycles. The summed E-state index contributed by atoms with van der Waals surface area (Å²) in [5, 5.41) is 3.18. The van der Waals surface area contributed by atoms with Crippen molar-refractivity contribution in [1.82, 2.24) is 0 Å². The Labute approximate surface area is 243 Å². The Bertz CT molecular complexity index is 1760. The summed E-state index contributed by atoms with van der Waals surface area (Å²) in [6, 6.07) is 22.2. The third-order valence-electron chi connectivity index (χ3n) is 6.03. The van der Waals surface area contributed by atoms with Crippen LogP contribution < -0.4 is 23.8 Å². The predicted molar refractivity (Wildman–Crippen MR) is 158 cm³/mol. The molecule has 4 rings (SSSR count). The number of carbonyl (C=O) groups excluding carboxylic acids is 1. The summed E-state index contributed by atoms with van der Waals surface area (Å²) < 4.78 is 65.6. The van der Waals surface area contributed by atoms with Gasteiger partial charge in [0.25, 0.3) is 26.0 Å². The third kappa shape index (κ3) is 6.73. The average Bonchev–Trinajstić information content (AvgIpc) is 2.97. The maximum atomic E-state index is 13.2. The van der Waals surface area contributed by atoms with E-state index < -0.39 is 26.0 Å². The van der Waals surface area contributed by atoms with Gasteiger partial charge in [0.05, 0.1) is 29.7 Å². The topological polar surface area (TPSA) is 131 Å². The number of methoxy groups -OCH3 is 2. The van der Waals surface area contributed by atoms with Crippen molar-refractivity contribution in [3.05, 3.63) is 102 Å². The fourth-order valence-electron chi connectivity index (χ4n) is 3.75. The number of amides is 1. The van der Waals surface area contributed by atoms with Crippen LogP contribution in [0.25, 0.3) is 0 Å². The highest BCUT2D eigenvalue weighted by Gasteiger charge is 2.23. The molecule has 10 nitrogen and oxygen atoms in total. The lowest BCUT2D eigenvalue weighted by atomic mass is 10.2. The monoisotopic (exact) mass is 615 g/mol. The largest absolute Gasteiger partial charge is 0.493 e. The van der Waals surface area contributed by atoms with Crippen LogP contribution in [0.1, 0.15) is 10.4 Å². The maximum Gasteiger partial charge on any atom is 0.264 e. The Balaban J connectivity index is 1.43. The van der Waals surface area contributed by atoms with Crippen molar-refractivity contribution in [3.63, 3.8) is 0 Å². The van der Waals surface area contributed by atoms with Gasteiger partial charge in [-0.25, -0.2) is 16.8 Å². The zero-order valence-corrected chi connectivity index (χ0v) is 24.5. The van der Waals surface area contributed by atoms with Crippen LogP contribution in [0.2, 0.25) is 5.02 Å². The Morgan fingerprint density at radius 2 is 1.29 bits per heavy atom. The lowest BCUT2D eigenvalue weighted by Gasteiger charge is -2.20. The second-order valence-corrected chi connectivity index (χ2v) is 12.7. The molecule has 13 heteroatoms. The molecule has 41 heavy (non-hydrogen) atoms. The van der Waals surface area contributed by atoms with Gasteiger partial charge in [-0.1, -0.05) is 11.6 Å². The van der Waals surface area contributed by atoms with Crippen molar-refractivity contribution in [2.75, 3.05) is 35.6 Å². The minimum atomic E-state index is -3.93. The summed E-state index contributed by atoms with van der Waals surface area (Å²) in [7, 11) is -3.51. The summed E-state index contributed by atoms with van der Waals surface area (Å²) in [6.07, 6.45) is 0. The third-order valence-corrected chi connectivity index (χ3v) is 9.46. The first-order valence-electron chi connectivity index (χ1n) is 12.0. The number of nitrogens with zero attached hydrogens (tertiary/aromatic N) is 1. The van der Waals surface area contributed by atoms with Gasteiger partial charge in [-0.3, -0.25) is 13.8 Å². The number of ether oxygens (including phenoxy) is 2. The lowest BCUT2D eigenvalue weighted by Crippen LogP contribution is -2.26. The van der Waals surface area contributed by atoms with E-state index in [1.807, 2.05) is 0 Å². The number of anilines is 3. The number of sulfonamides is 2. The second-order valence-electron chi connectivity index (χ2n) is 8.63. The van der Waals surface area contributed by atoms with Crippen molar-refractivity contribution in [3.8, 4) is 11.5 Å². The van der Waals surface area contributed by atoms with E-state index in [4.69, 9.17) is 21.1 Å². The Hall–Kier alpha value is -4.26. The van der Waals surface area contributed by atoms with Gasteiger partial charge in [-0.05, 0) is 84.9 Å². The summed E-state index contributed by atoms with van der Waals surface area (Å²) >= 11 is 5.84. The van der Waals surface area contributed by atoms with Crippen molar-refractivity contribution in [2.45, 2.75) is 9.79 Å². The molecule has 0 aliphatic rings. The minimum absolute atomic E-state index is 0.00768. The molecule has 0 bridgehead atoms. The van der Waals surface area contributed by atoms with Crippen LogP contribution in [0.15, 0.2) is 101 Å². The first-order valence-corrected chi connectivity index (χ1v) is 15.3. The highest BCUT2D eigenvalue weighted by molar-refractivity contribution is 7.93. The molecule has 214 valence electrons. The average molecular weight is 616 g/mol. The van der Waals surface area contributed by atoms with Crippen LogP contribution in [-0.2, 0) is 20.0 Å². The minimum Gasteiger partial charge on any atom is -0.493 e. The maximum absolute atomic E-state index is 13.2. The van der Waals surface area contributed by atoms with Crippen molar-refractivity contribution >= 4 is 54.6 Å². The molecule has 0 fully saturated rings. The van der Waals surface area contributed by atoms with Gasteiger partial charge in [0.2, 0.25) is 0 Å². The highest BCUT2D eigenvalue weighted by Crippen LogP contribution is 2.32. The lowest BCUT2D eigenvalue weighted by molar-refractivity contribution is 0.102. The van der Waals surface area contributed by atoms with Crippen molar-refractivity contribution < 1.29 is 31.1 Å². The number of halogens is 1. The Morgan fingerprint density at radius 1 is 0.732 bits per heavy atom. The molecule has 1 amide bonds. The molecular weight excluding hydrogens is 590 g/mol. The number of carbonyl (C=O) groups is 1. The summed E-state index contributed by atoms with van der Waals surface area (Å²) in [4.78, 5) is 12.8. The molecular formula is C28H26ClN3O7S2. The van der Waals surface area contributed by atoms with E-state index in [0.29, 0.717) is 27.8 Å². The van der Waals surface area contributed by atoms with Crippen LogP contribution >= 0.6 is 11.6 Å². The fourth-order valence-corrected chi connectivity index (χ4v) is 6.15. The van der Waals surface area contributed by atoms with Crippen LogP contribution in [-0.4, -0.2) is 44.0 Å². The quantitative estimate of drug-likeness (QED) is 0.250. The van der Waals surface area contributed by atoms with E-state index in [1.165, 1.54) is 88.0 Å². The van der Waals surface area contributed by atoms with Gasteiger partial charge in [0, 0.05) is 35.1 Å². The molecule has 4 aromatic carbocycles. The molecule has 0 spiro atoms. The van der Waals surface area contributed by atoms with Crippen molar-refractivity contribution in [2.24, 2.45) is 0 Å². The molecule has 2 N–H and O–H groups in total. The molecule has 0 saturated heterocycles. The second kappa shape index (κ2) is 12.1. The van der Waals surface area contributed by atoms with E-state index in [2.05, 4.69) is 10.0 Å². The molecule has 0 unspecified atom stereocenters. The summed E-state index contributed by atoms with van der Waals surface area (Å²) in [5.74, 6) is 0.213. The van der Waals surface area contributed by atoms with Crippen LogP contribution in [0.5, 0.6) is 11.5 Å². The molecule has 0 aromatic heterocycles. The standard InChI is InChI=1S/C28H26ClN3O7S2/c1-32(41(36,37)25-16-17-26(38-2)27(18-25)39-3)23-12-4-19(5-13-23)28(33)30-21-10-14-24(15-11-21)40(34,35)31-22-8-6-20(29)7-9-22/h4-18,31H,1-3H3,(H,30,33). The first-order chi connectivity index (χ1) is 19.4. The van der Waals surface area contributed by atoms with E-state index in [-0.39, 0.29) is 21.1 Å². The van der Waals surface area contributed by atoms with Crippen LogP contribution in [0.3, 0.4) is 0 Å². The number of hydrogen-bond acceptors (Lipinski definition) is 7. The van der Waals surface area contributed by atoms with E-state index >= 15 is 0 Å². The molecule has 4 aromatic rings. The number of nitrogens with one attached hydrogen (secondary N) is 2. The van der Waals surface area contributed by atoms with E-state index in [0.717, 1.165) is 4.31 Å². The number of hydrogen-bond donors (Lipinski definition) is 2. The van der Waals surface area contributed by atoms with Crippen LogP contribution in [0.4, 0.5) is 17.1 Å². The van der Waals surface area contributed by atoms with Gasteiger partial charge >= 0.3 is 0 Å². The molecule has 0 saturated carbocycles. The SMILES string of the molecule is COc1ccc(S(=O)(=O)N(C)c2ccc(C(=O)Nc3ccc(S(=O)(=O)Nc4ccc(Cl)cc4)cc3)cc2)cc1OC. The van der Waals surface area contributed by atoms with E-state index in [1.54, 1.807) is 24.3 Å². The number of rotatable bonds is 10. The van der Waals surface area contributed by atoms with Gasteiger partial charge in [0.15, 0.2) is 11.5 Å². The fraction of sp³-hybridized carbons (Fsp3) is 0.107. The first kappa shape index (κ1) is 29.7. The van der Waals surface area contributed by atoms with Gasteiger partial charge in [0.1, 0.15) is 0 Å². The molecule has 0 radical (unpaired) electrons. The van der Waals surface area contributed by atoms with Crippen LogP contribution in [0, 0.1) is 0 Å². The highest BCUT2D eigenvalue weighted by atomic mass is 35.5. The molecule has 0 atom stereocenters. The number of benzene rings is 4. The Morgan fingerprint density at radius 3 is 1.88 bits per heavy atom. The van der Waals surface area contributed by atoms with Crippen molar-refractivity contribution in [1.29, 1.82) is 0 Å². The normalized spacial score (nSPS) is 11.4. The summed E-state index contributed by atoms with van der Waals surface area (Å²) in [5.41, 5.74) is 1.33. The van der Waals surface area contributed by atoms with E-state index in [9.17, 15) is 21.6 Å². The van der Waals surface area contributed by atoms with Gasteiger partial charge in [-0.15, -0.1) is 0 Å². The summed E-state index contributed by atoms with van der Waals surface area (Å²) in [6.45, 7) is 0. The molecule has 0 aliphatic carbocycles. The zero-order valence-electron chi connectivity index (χ0n) is 22.2.